The molecule has 2 nitrogen and oxygen atoms in total. The monoisotopic (exact) mass is 248 g/mol. The molecule has 0 atom stereocenters. The molecule has 16 heavy (non-hydrogen) atoms. The molecule has 0 amide bonds. The van der Waals surface area contributed by atoms with Crippen molar-refractivity contribution in [3.8, 4) is 0 Å². The van der Waals surface area contributed by atoms with Gasteiger partial charge in [-0.2, -0.15) is 0 Å². The van der Waals surface area contributed by atoms with E-state index in [0.29, 0.717) is 12.3 Å². The molecule has 0 aliphatic heterocycles. The van der Waals surface area contributed by atoms with E-state index in [0.717, 1.165) is 19.3 Å². The van der Waals surface area contributed by atoms with Gasteiger partial charge in [0.2, 0.25) is 0 Å². The lowest BCUT2D eigenvalue weighted by Crippen LogP contribution is -2.25. The van der Waals surface area contributed by atoms with Gasteiger partial charge < -0.3 is 4.74 Å². The van der Waals surface area contributed by atoms with E-state index < -0.39 is 0 Å². The van der Waals surface area contributed by atoms with Gasteiger partial charge in [0.05, 0.1) is 0 Å². The zero-order valence-corrected chi connectivity index (χ0v) is 12.0. The summed E-state index contributed by atoms with van der Waals surface area (Å²) in [5.41, 5.74) is -0.205. The zero-order chi connectivity index (χ0) is 12.8. The van der Waals surface area contributed by atoms with Gasteiger partial charge in [-0.15, -0.1) is 11.6 Å². The fourth-order valence-electron chi connectivity index (χ4n) is 1.50. The van der Waals surface area contributed by atoms with Crippen molar-refractivity contribution in [2.24, 2.45) is 5.41 Å². The molecule has 0 rings (SSSR count). The van der Waals surface area contributed by atoms with Crippen LogP contribution in [0.25, 0.3) is 0 Å². The van der Waals surface area contributed by atoms with Gasteiger partial charge in [-0.3, -0.25) is 4.79 Å². The van der Waals surface area contributed by atoms with Crippen LogP contribution in [0.1, 0.15) is 60.3 Å². The number of hydrogen-bond acceptors (Lipinski definition) is 2. The molecule has 0 saturated heterocycles. The Balaban J connectivity index is 3.90. The lowest BCUT2D eigenvalue weighted by Gasteiger charge is -2.25. The number of hydrogen-bond donors (Lipinski definition) is 0. The van der Waals surface area contributed by atoms with E-state index in [1.165, 1.54) is 0 Å². The van der Waals surface area contributed by atoms with Crippen molar-refractivity contribution >= 4 is 17.6 Å². The maximum absolute atomic E-state index is 11.5. The second-order valence-electron chi connectivity index (χ2n) is 6.04. The molecule has 0 aromatic heterocycles. The van der Waals surface area contributed by atoms with Crippen molar-refractivity contribution in [1.29, 1.82) is 0 Å². The maximum Gasteiger partial charge on any atom is 0.306 e. The van der Waals surface area contributed by atoms with Gasteiger partial charge in [-0.25, -0.2) is 0 Å². The largest absolute Gasteiger partial charge is 0.460 e. The van der Waals surface area contributed by atoms with Crippen molar-refractivity contribution in [3.05, 3.63) is 0 Å². The van der Waals surface area contributed by atoms with Crippen LogP contribution in [0.2, 0.25) is 0 Å². The standard InChI is InChI=1S/C13H25ClO2/c1-12(2,3)16-11(15)7-9-13(4,5)8-6-10-14/h6-10H2,1-5H3. The van der Waals surface area contributed by atoms with Gasteiger partial charge in [0.25, 0.3) is 0 Å². The van der Waals surface area contributed by atoms with E-state index in [9.17, 15) is 4.79 Å². The van der Waals surface area contributed by atoms with E-state index in [4.69, 9.17) is 16.3 Å². The summed E-state index contributed by atoms with van der Waals surface area (Å²) in [5, 5.41) is 0. The summed E-state index contributed by atoms with van der Waals surface area (Å²) in [7, 11) is 0. The first kappa shape index (κ1) is 15.8. The SMILES string of the molecule is CC(C)(CCCCl)CCC(=O)OC(C)(C)C. The Bertz CT molecular complexity index is 216. The van der Waals surface area contributed by atoms with Crippen LogP contribution in [-0.4, -0.2) is 17.5 Å². The molecule has 0 N–H and O–H groups in total. The topological polar surface area (TPSA) is 26.3 Å². The van der Waals surface area contributed by atoms with Crippen LogP contribution < -0.4 is 0 Å². The number of esters is 1. The lowest BCUT2D eigenvalue weighted by atomic mass is 9.83. The first-order valence-electron chi connectivity index (χ1n) is 5.94. The van der Waals surface area contributed by atoms with Crippen molar-refractivity contribution in [1.82, 2.24) is 0 Å². The summed E-state index contributed by atoms with van der Waals surface area (Å²) in [4.78, 5) is 11.5. The molecule has 0 saturated carbocycles. The highest BCUT2D eigenvalue weighted by molar-refractivity contribution is 6.17. The summed E-state index contributed by atoms with van der Waals surface area (Å²) >= 11 is 5.67. The quantitative estimate of drug-likeness (QED) is 0.521. The van der Waals surface area contributed by atoms with Gasteiger partial charge in [-0.05, 0) is 45.4 Å². The van der Waals surface area contributed by atoms with Crippen LogP contribution in [0.5, 0.6) is 0 Å². The molecule has 0 spiro atoms. The number of ether oxygens (including phenoxy) is 1. The van der Waals surface area contributed by atoms with E-state index in [1.807, 2.05) is 20.8 Å². The maximum atomic E-state index is 11.5. The molecular formula is C13H25ClO2. The molecule has 0 heterocycles. The third-order valence-corrected chi connectivity index (χ3v) is 2.68. The smallest absolute Gasteiger partial charge is 0.306 e. The van der Waals surface area contributed by atoms with Crippen molar-refractivity contribution in [2.45, 2.75) is 65.9 Å². The van der Waals surface area contributed by atoms with Gasteiger partial charge in [-0.1, -0.05) is 13.8 Å². The minimum Gasteiger partial charge on any atom is -0.460 e. The Kier molecular flexibility index (Phi) is 6.39. The fourth-order valence-corrected chi connectivity index (χ4v) is 1.64. The first-order chi connectivity index (χ1) is 7.16. The average molecular weight is 249 g/mol. The summed E-state index contributed by atoms with van der Waals surface area (Å²) in [6.07, 6.45) is 3.41. The Morgan fingerprint density at radius 2 is 1.69 bits per heavy atom. The van der Waals surface area contributed by atoms with E-state index in [1.54, 1.807) is 0 Å². The van der Waals surface area contributed by atoms with E-state index in [2.05, 4.69) is 13.8 Å². The third kappa shape index (κ3) is 9.02. The molecule has 0 aromatic carbocycles. The second kappa shape index (κ2) is 6.48. The van der Waals surface area contributed by atoms with Gasteiger partial charge >= 0.3 is 5.97 Å². The summed E-state index contributed by atoms with van der Waals surface area (Å²) < 4.78 is 5.27. The number of alkyl halides is 1. The summed E-state index contributed by atoms with van der Waals surface area (Å²) in [6, 6.07) is 0. The van der Waals surface area contributed by atoms with Crippen LogP contribution >= 0.6 is 11.6 Å². The van der Waals surface area contributed by atoms with Crippen LogP contribution in [0, 0.1) is 5.41 Å². The van der Waals surface area contributed by atoms with Crippen LogP contribution in [0.3, 0.4) is 0 Å². The van der Waals surface area contributed by atoms with E-state index in [-0.39, 0.29) is 17.0 Å². The molecule has 0 fully saturated rings. The van der Waals surface area contributed by atoms with Gasteiger partial charge in [0, 0.05) is 12.3 Å². The van der Waals surface area contributed by atoms with Crippen molar-refractivity contribution in [3.63, 3.8) is 0 Å². The predicted octanol–water partition coefficient (Wildman–Crippen LogP) is 4.15. The number of carbonyl (C=O) groups is 1. The van der Waals surface area contributed by atoms with E-state index >= 15 is 0 Å². The van der Waals surface area contributed by atoms with Crippen LogP contribution in [0.15, 0.2) is 0 Å². The Hall–Kier alpha value is -0.240. The summed E-state index contributed by atoms with van der Waals surface area (Å²) in [5.74, 6) is 0.585. The molecule has 0 radical (unpaired) electrons. The molecule has 0 aliphatic carbocycles. The van der Waals surface area contributed by atoms with Crippen LogP contribution in [-0.2, 0) is 9.53 Å². The molecule has 96 valence electrons. The molecular weight excluding hydrogens is 224 g/mol. The highest BCUT2D eigenvalue weighted by atomic mass is 35.5. The normalized spacial score (nSPS) is 12.6. The third-order valence-electron chi connectivity index (χ3n) is 2.41. The molecule has 0 aliphatic rings. The predicted molar refractivity (Wildman–Crippen MR) is 68.8 cm³/mol. The number of halogens is 1. The Morgan fingerprint density at radius 1 is 1.12 bits per heavy atom. The molecule has 0 bridgehead atoms. The number of rotatable bonds is 6. The molecule has 3 heteroatoms. The summed E-state index contributed by atoms with van der Waals surface area (Å²) in [6.45, 7) is 10.0. The van der Waals surface area contributed by atoms with Crippen LogP contribution in [0.4, 0.5) is 0 Å². The Labute approximate surface area is 105 Å². The van der Waals surface area contributed by atoms with Crippen molar-refractivity contribution < 1.29 is 9.53 Å². The highest BCUT2D eigenvalue weighted by Crippen LogP contribution is 2.28. The Morgan fingerprint density at radius 3 is 2.12 bits per heavy atom. The van der Waals surface area contributed by atoms with Gasteiger partial charge in [0.1, 0.15) is 5.60 Å². The minimum atomic E-state index is -0.378. The fraction of sp³-hybridized carbons (Fsp3) is 0.923. The molecule has 0 aromatic rings. The lowest BCUT2D eigenvalue weighted by molar-refractivity contribution is -0.155. The number of carbonyl (C=O) groups excluding carboxylic acids is 1. The second-order valence-corrected chi connectivity index (χ2v) is 6.42. The molecule has 0 unspecified atom stereocenters. The van der Waals surface area contributed by atoms with Gasteiger partial charge in [0.15, 0.2) is 0 Å². The first-order valence-corrected chi connectivity index (χ1v) is 6.47. The van der Waals surface area contributed by atoms with Crippen molar-refractivity contribution in [2.75, 3.05) is 5.88 Å². The highest BCUT2D eigenvalue weighted by Gasteiger charge is 2.21. The average Bonchev–Trinajstić information content (AvgIpc) is 2.09. The zero-order valence-electron chi connectivity index (χ0n) is 11.2. The minimum absolute atomic E-state index is 0.105.